The van der Waals surface area contributed by atoms with Gasteiger partial charge < -0.3 is 5.11 Å². The molecular formula is C27H47NaO8S. The Morgan fingerprint density at radius 3 is 2.38 bits per heavy atom. The number of rotatable bonds is 9. The Morgan fingerprint density at radius 2 is 1.73 bits per heavy atom. The Morgan fingerprint density at radius 1 is 1.03 bits per heavy atom. The second kappa shape index (κ2) is 11.5. The summed E-state index contributed by atoms with van der Waals surface area (Å²) in [6.45, 7) is 6.57. The Hall–Kier alpha value is 0.710. The van der Waals surface area contributed by atoms with Gasteiger partial charge in [-0.25, -0.2) is 0 Å². The fourth-order valence-electron chi connectivity index (χ4n) is 9.68. The molecule has 0 aromatic heterocycles. The van der Waals surface area contributed by atoms with E-state index >= 15 is 0 Å². The molecule has 0 bridgehead atoms. The van der Waals surface area contributed by atoms with E-state index in [1.807, 2.05) is 0 Å². The summed E-state index contributed by atoms with van der Waals surface area (Å²) in [6, 6.07) is 0. The summed E-state index contributed by atoms with van der Waals surface area (Å²) >= 11 is 0.786. The van der Waals surface area contributed by atoms with E-state index in [1.165, 1.54) is 0 Å². The number of hydrogen-bond donors (Lipinski definition) is 5. The van der Waals surface area contributed by atoms with Crippen LogP contribution in [0.5, 0.6) is 0 Å². The van der Waals surface area contributed by atoms with E-state index in [0.717, 1.165) is 72.9 Å². The molecule has 4 rings (SSSR count). The van der Waals surface area contributed by atoms with Gasteiger partial charge in [-0.2, -0.15) is 0 Å². The van der Waals surface area contributed by atoms with Crippen LogP contribution in [0.15, 0.2) is 0 Å². The molecular weight excluding hydrogens is 507 g/mol. The predicted octanol–water partition coefficient (Wildman–Crippen LogP) is 2.75. The molecule has 0 radical (unpaired) electrons. The van der Waals surface area contributed by atoms with Crippen molar-refractivity contribution in [3.63, 3.8) is 0 Å². The van der Waals surface area contributed by atoms with Gasteiger partial charge in [0.1, 0.15) is 0 Å². The van der Waals surface area contributed by atoms with Crippen LogP contribution in [-0.4, -0.2) is 92.3 Å². The van der Waals surface area contributed by atoms with Crippen molar-refractivity contribution in [3.05, 3.63) is 0 Å². The van der Waals surface area contributed by atoms with E-state index in [1.54, 1.807) is 0 Å². The number of aliphatic hydroxyl groups excluding tert-OH is 4. The summed E-state index contributed by atoms with van der Waals surface area (Å²) in [5.41, 5.74) is -0.225. The Kier molecular flexibility index (Phi) is 9.56. The molecule has 0 aromatic carbocycles. The Labute approximate surface area is 240 Å². The zero-order chi connectivity index (χ0) is 27.3. The second-order valence-electron chi connectivity index (χ2n) is 13.5. The van der Waals surface area contributed by atoms with Gasteiger partial charge >= 0.3 is 198 Å². The van der Waals surface area contributed by atoms with Gasteiger partial charge in [0.15, 0.2) is 0 Å². The van der Waals surface area contributed by atoms with Crippen LogP contribution < -0.4 is 0 Å². The fourth-order valence-corrected chi connectivity index (χ4v) is 10.8. The van der Waals surface area contributed by atoms with Crippen molar-refractivity contribution >= 4 is 38.3 Å². The standard InChI is InChI=1S/C27H47O8S.Na/c1-15(5-8-22(29)16(2)14-35-36(32,33)34)19-6-7-20-25-21(13-24(31)27(19,20)4)26(3)10-9-18(28)11-17(26)12-23(25)30;/h15-25,28-31H,2,5-14H2,1,3-4H3,(H,32,33,34);/t15-,16?,17?,18-,19-,20+,21+,22?,23-,24+,25+,26+,27-;/m1./s1. The van der Waals surface area contributed by atoms with Crippen LogP contribution in [0.2, 0.25) is 3.67 Å². The minimum absolute atomic E-state index is 0.0574. The zero-order valence-electron chi connectivity index (χ0n) is 23.0. The monoisotopic (exact) mass is 554 g/mol. The van der Waals surface area contributed by atoms with Crippen molar-refractivity contribution in [1.82, 2.24) is 0 Å². The number of fused-ring (bicyclic) bond motifs is 5. The molecule has 0 saturated heterocycles. The van der Waals surface area contributed by atoms with E-state index in [9.17, 15) is 28.8 Å². The quantitative estimate of drug-likeness (QED) is 0.216. The van der Waals surface area contributed by atoms with Gasteiger partial charge in [-0.1, -0.05) is 6.92 Å². The first kappa shape index (κ1) is 30.7. The van der Waals surface area contributed by atoms with Crippen LogP contribution in [0.4, 0.5) is 0 Å². The molecule has 0 aliphatic heterocycles. The molecule has 0 aromatic rings. The van der Waals surface area contributed by atoms with Crippen molar-refractivity contribution in [3.8, 4) is 0 Å². The van der Waals surface area contributed by atoms with Gasteiger partial charge in [-0.05, 0) is 25.2 Å². The normalized spacial score (nSPS) is 46.4. The van der Waals surface area contributed by atoms with E-state index in [0.29, 0.717) is 22.4 Å². The average Bonchev–Trinajstić information content (AvgIpc) is 3.17. The van der Waals surface area contributed by atoms with Crippen LogP contribution in [0.3, 0.4) is 0 Å². The number of hydrogen-bond acceptors (Lipinski definition) is 7. The molecule has 13 atom stereocenters. The summed E-state index contributed by atoms with van der Waals surface area (Å²) in [5, 5.41) is 44.2. The average molecular weight is 555 g/mol. The first-order chi connectivity index (χ1) is 17.2. The topological polar surface area (TPSA) is 145 Å². The molecule has 210 valence electrons. The number of aliphatic hydroxyl groups is 4. The van der Waals surface area contributed by atoms with E-state index < -0.39 is 28.7 Å². The molecule has 4 saturated carbocycles. The predicted molar refractivity (Wildman–Crippen MR) is 140 cm³/mol. The molecule has 0 spiro atoms. The molecule has 8 nitrogen and oxygen atoms in total. The van der Waals surface area contributed by atoms with E-state index in [2.05, 4.69) is 25.0 Å². The minimum atomic E-state index is -4.52. The van der Waals surface area contributed by atoms with Crippen LogP contribution in [-0.2, 0) is 14.6 Å². The van der Waals surface area contributed by atoms with Crippen LogP contribution in [0, 0.1) is 52.3 Å². The van der Waals surface area contributed by atoms with Crippen molar-refractivity contribution in [2.24, 2.45) is 52.3 Å². The Balaban J connectivity index is 1.45. The van der Waals surface area contributed by atoms with Gasteiger partial charge in [0.05, 0.1) is 6.10 Å². The van der Waals surface area contributed by atoms with Gasteiger partial charge in [-0.15, -0.1) is 0 Å². The fraction of sp³-hybridized carbons (Fsp3) is 1.00. The summed E-state index contributed by atoms with van der Waals surface area (Å²) < 4.78 is 36.0. The third-order valence-corrected chi connectivity index (χ3v) is 13.4. The molecule has 4 aliphatic rings. The van der Waals surface area contributed by atoms with Crippen LogP contribution in [0.1, 0.15) is 78.6 Å². The first-order valence-corrected chi connectivity index (χ1v) is 17.3. The summed E-state index contributed by atoms with van der Waals surface area (Å²) in [4.78, 5) is 0. The maximum atomic E-state index is 11.7. The molecule has 5 N–H and O–H groups in total. The van der Waals surface area contributed by atoms with Crippen molar-refractivity contribution in [1.29, 1.82) is 0 Å². The Bertz CT molecular complexity index is 903. The second-order valence-corrected chi connectivity index (χ2v) is 15.4. The molecule has 3 unspecified atom stereocenters. The summed E-state index contributed by atoms with van der Waals surface area (Å²) in [6.07, 6.45) is 5.46. The van der Waals surface area contributed by atoms with Crippen molar-refractivity contribution in [2.45, 2.75) is 107 Å². The van der Waals surface area contributed by atoms with Gasteiger partial charge in [-0.3, -0.25) is 0 Å². The van der Waals surface area contributed by atoms with Crippen LogP contribution >= 0.6 is 0 Å². The molecule has 4 aliphatic carbocycles. The zero-order valence-corrected chi connectivity index (χ0v) is 25.8. The summed E-state index contributed by atoms with van der Waals surface area (Å²) in [5.74, 6) is 1.25. The van der Waals surface area contributed by atoms with Gasteiger partial charge in [0, 0.05) is 0 Å². The van der Waals surface area contributed by atoms with Gasteiger partial charge in [0.2, 0.25) is 0 Å². The van der Waals surface area contributed by atoms with Crippen molar-refractivity contribution in [2.75, 3.05) is 6.61 Å². The third kappa shape index (κ3) is 5.88. The molecule has 10 heteroatoms. The third-order valence-electron chi connectivity index (χ3n) is 11.9. The molecule has 0 heterocycles. The van der Waals surface area contributed by atoms with Crippen LogP contribution in [0.25, 0.3) is 0 Å². The summed E-state index contributed by atoms with van der Waals surface area (Å²) in [7, 11) is -4.52. The van der Waals surface area contributed by atoms with Gasteiger partial charge in [0.25, 0.3) is 0 Å². The van der Waals surface area contributed by atoms with E-state index in [4.69, 9.17) is 4.55 Å². The molecule has 0 amide bonds. The molecule has 37 heavy (non-hydrogen) atoms. The van der Waals surface area contributed by atoms with E-state index in [-0.39, 0.29) is 59.0 Å². The molecule has 4 fully saturated rings. The maximum absolute atomic E-state index is 11.7. The first-order valence-electron chi connectivity index (χ1n) is 14.6. The van der Waals surface area contributed by atoms with Crippen molar-refractivity contribution < 1.29 is 37.6 Å². The SMILES string of the molecule is C[C@H](CCC(O)C([CH2][Na])COS(=O)(=O)O)[C@H]1CC[C@H]2[C@@H]3[C@H](O)CC4C[C@H](O)CC[C@]4(C)[C@H]3C[C@H](O)[C@]12C.